The van der Waals surface area contributed by atoms with Crippen molar-refractivity contribution >= 4 is 11.5 Å². The number of nitrogens with two attached hydrogens (primary N) is 1. The highest BCUT2D eigenvalue weighted by molar-refractivity contribution is 5.65. The molecule has 0 saturated carbocycles. The molecular formula is C13H20N6. The molecule has 102 valence electrons. The molecule has 0 aliphatic heterocycles. The molecule has 2 aromatic heterocycles. The van der Waals surface area contributed by atoms with Crippen LogP contribution in [0.25, 0.3) is 0 Å². The lowest BCUT2D eigenvalue weighted by molar-refractivity contribution is 0.714. The zero-order valence-corrected chi connectivity index (χ0v) is 11.8. The summed E-state index contributed by atoms with van der Waals surface area (Å²) in [6.45, 7) is 6.65. The summed E-state index contributed by atoms with van der Waals surface area (Å²) < 4.78 is 1.77. The van der Waals surface area contributed by atoms with Gasteiger partial charge in [0.25, 0.3) is 0 Å². The Balaban J connectivity index is 2.13. The van der Waals surface area contributed by atoms with Crippen molar-refractivity contribution in [1.82, 2.24) is 19.7 Å². The van der Waals surface area contributed by atoms with Crippen LogP contribution in [0.4, 0.5) is 11.5 Å². The first-order chi connectivity index (χ1) is 8.99. The number of hydrogen-bond acceptors (Lipinski definition) is 5. The van der Waals surface area contributed by atoms with Crippen LogP contribution in [-0.2, 0) is 13.6 Å². The maximum atomic E-state index is 6.11. The lowest BCUT2D eigenvalue weighted by atomic mass is 10.1. The van der Waals surface area contributed by atoms with E-state index in [9.17, 15) is 0 Å². The van der Waals surface area contributed by atoms with E-state index < -0.39 is 0 Å². The Bertz CT molecular complexity index is 555. The number of rotatable bonds is 4. The molecule has 0 aliphatic rings. The molecule has 2 heterocycles. The standard InChI is InChI=1S/C13H20N6/c1-8(2)12-11(14)13(19(4)18-12)17-7-10-6-15-9(3)5-16-10/h5-6,8,17H,7,14H2,1-4H3. The van der Waals surface area contributed by atoms with Gasteiger partial charge in [-0.1, -0.05) is 13.8 Å². The molecule has 0 saturated heterocycles. The molecular weight excluding hydrogens is 240 g/mol. The summed E-state index contributed by atoms with van der Waals surface area (Å²) >= 11 is 0. The highest BCUT2D eigenvalue weighted by Gasteiger charge is 2.15. The molecule has 0 unspecified atom stereocenters. The summed E-state index contributed by atoms with van der Waals surface area (Å²) in [4.78, 5) is 8.51. The van der Waals surface area contributed by atoms with E-state index in [0.717, 1.165) is 22.9 Å². The van der Waals surface area contributed by atoms with Crippen molar-refractivity contribution in [2.45, 2.75) is 33.2 Å². The number of nitrogens with one attached hydrogen (secondary N) is 1. The highest BCUT2D eigenvalue weighted by Crippen LogP contribution is 2.27. The molecule has 19 heavy (non-hydrogen) atoms. The van der Waals surface area contributed by atoms with Gasteiger partial charge in [0, 0.05) is 13.2 Å². The second-order valence-corrected chi connectivity index (χ2v) is 4.93. The van der Waals surface area contributed by atoms with Crippen LogP contribution in [0.15, 0.2) is 12.4 Å². The minimum Gasteiger partial charge on any atom is -0.394 e. The maximum Gasteiger partial charge on any atom is 0.148 e. The van der Waals surface area contributed by atoms with Gasteiger partial charge in [-0.25, -0.2) is 0 Å². The zero-order valence-electron chi connectivity index (χ0n) is 11.8. The molecule has 2 aromatic rings. The summed E-state index contributed by atoms with van der Waals surface area (Å²) in [6, 6.07) is 0. The highest BCUT2D eigenvalue weighted by atomic mass is 15.3. The fourth-order valence-corrected chi connectivity index (χ4v) is 1.88. The van der Waals surface area contributed by atoms with Gasteiger partial charge in [0.15, 0.2) is 0 Å². The normalized spacial score (nSPS) is 11.0. The van der Waals surface area contributed by atoms with Crippen LogP contribution in [0.1, 0.15) is 36.8 Å². The van der Waals surface area contributed by atoms with Gasteiger partial charge in [-0.2, -0.15) is 5.10 Å². The van der Waals surface area contributed by atoms with Crippen molar-refractivity contribution < 1.29 is 0 Å². The van der Waals surface area contributed by atoms with Gasteiger partial charge >= 0.3 is 0 Å². The number of nitrogens with zero attached hydrogens (tertiary/aromatic N) is 4. The van der Waals surface area contributed by atoms with E-state index in [1.54, 1.807) is 17.1 Å². The van der Waals surface area contributed by atoms with Crippen molar-refractivity contribution in [3.05, 3.63) is 29.5 Å². The number of nitrogen functional groups attached to an aromatic ring is 1. The second-order valence-electron chi connectivity index (χ2n) is 4.93. The summed E-state index contributed by atoms with van der Waals surface area (Å²) in [6.07, 6.45) is 3.52. The molecule has 0 spiro atoms. The molecule has 3 N–H and O–H groups in total. The Morgan fingerprint density at radius 1 is 1.32 bits per heavy atom. The van der Waals surface area contributed by atoms with Gasteiger partial charge < -0.3 is 11.1 Å². The number of aromatic nitrogens is 4. The number of hydrogen-bond donors (Lipinski definition) is 2. The maximum absolute atomic E-state index is 6.11. The number of aryl methyl sites for hydroxylation is 2. The first-order valence-corrected chi connectivity index (χ1v) is 6.32. The molecule has 2 rings (SSSR count). The van der Waals surface area contributed by atoms with Gasteiger partial charge in [-0.05, 0) is 12.8 Å². The van der Waals surface area contributed by atoms with Crippen LogP contribution < -0.4 is 11.1 Å². The smallest absolute Gasteiger partial charge is 0.148 e. The van der Waals surface area contributed by atoms with Gasteiger partial charge in [0.05, 0.1) is 35.5 Å². The topological polar surface area (TPSA) is 81.6 Å². The Morgan fingerprint density at radius 2 is 2.05 bits per heavy atom. The lowest BCUT2D eigenvalue weighted by Crippen LogP contribution is -2.08. The predicted octanol–water partition coefficient (Wildman–Crippen LogP) is 1.84. The molecule has 0 aliphatic carbocycles. The van der Waals surface area contributed by atoms with Crippen LogP contribution in [0.5, 0.6) is 0 Å². The van der Waals surface area contributed by atoms with Crippen LogP contribution >= 0.6 is 0 Å². The van der Waals surface area contributed by atoms with Crippen molar-refractivity contribution in [1.29, 1.82) is 0 Å². The van der Waals surface area contributed by atoms with Crippen LogP contribution in [0.2, 0.25) is 0 Å². The van der Waals surface area contributed by atoms with E-state index in [1.807, 2.05) is 14.0 Å². The fourth-order valence-electron chi connectivity index (χ4n) is 1.88. The minimum absolute atomic E-state index is 0.306. The van der Waals surface area contributed by atoms with Crippen molar-refractivity contribution in [3.63, 3.8) is 0 Å². The fraction of sp³-hybridized carbons (Fsp3) is 0.462. The Morgan fingerprint density at radius 3 is 2.58 bits per heavy atom. The second kappa shape index (κ2) is 5.26. The van der Waals surface area contributed by atoms with Crippen molar-refractivity contribution in [2.75, 3.05) is 11.1 Å². The third-order valence-electron chi connectivity index (χ3n) is 2.93. The van der Waals surface area contributed by atoms with Gasteiger partial charge in [-0.15, -0.1) is 0 Å². The van der Waals surface area contributed by atoms with Crippen LogP contribution in [-0.4, -0.2) is 19.7 Å². The lowest BCUT2D eigenvalue weighted by Gasteiger charge is -2.07. The molecule has 0 amide bonds. The van der Waals surface area contributed by atoms with E-state index >= 15 is 0 Å². The van der Waals surface area contributed by atoms with E-state index in [2.05, 4.69) is 34.2 Å². The Labute approximate surface area is 113 Å². The average molecular weight is 260 g/mol. The van der Waals surface area contributed by atoms with Crippen molar-refractivity contribution in [2.24, 2.45) is 7.05 Å². The van der Waals surface area contributed by atoms with E-state index in [-0.39, 0.29) is 0 Å². The third kappa shape index (κ3) is 2.83. The van der Waals surface area contributed by atoms with E-state index in [1.165, 1.54) is 0 Å². The molecule has 6 nitrogen and oxygen atoms in total. The molecule has 0 atom stereocenters. The molecule has 6 heteroatoms. The summed E-state index contributed by atoms with van der Waals surface area (Å²) in [5.41, 5.74) is 9.51. The Kier molecular flexibility index (Phi) is 3.69. The number of anilines is 2. The van der Waals surface area contributed by atoms with Gasteiger partial charge in [0.2, 0.25) is 0 Å². The first kappa shape index (κ1) is 13.3. The summed E-state index contributed by atoms with van der Waals surface area (Å²) in [7, 11) is 1.88. The molecule has 0 radical (unpaired) electrons. The van der Waals surface area contributed by atoms with Crippen molar-refractivity contribution in [3.8, 4) is 0 Å². The van der Waals surface area contributed by atoms with E-state index in [0.29, 0.717) is 18.2 Å². The molecule has 0 bridgehead atoms. The minimum atomic E-state index is 0.306. The van der Waals surface area contributed by atoms with E-state index in [4.69, 9.17) is 5.73 Å². The average Bonchev–Trinajstić information content (AvgIpc) is 2.65. The zero-order chi connectivity index (χ0) is 14.0. The van der Waals surface area contributed by atoms with Crippen LogP contribution in [0, 0.1) is 6.92 Å². The summed E-state index contributed by atoms with van der Waals surface area (Å²) in [5.74, 6) is 1.13. The van der Waals surface area contributed by atoms with Gasteiger partial charge in [-0.3, -0.25) is 14.6 Å². The predicted molar refractivity (Wildman–Crippen MR) is 75.8 cm³/mol. The quantitative estimate of drug-likeness (QED) is 0.876. The Hall–Kier alpha value is -2.11. The first-order valence-electron chi connectivity index (χ1n) is 6.32. The van der Waals surface area contributed by atoms with Gasteiger partial charge in [0.1, 0.15) is 5.82 Å². The molecule has 0 aromatic carbocycles. The monoisotopic (exact) mass is 260 g/mol. The largest absolute Gasteiger partial charge is 0.394 e. The SMILES string of the molecule is Cc1cnc(CNc2c(N)c(C(C)C)nn2C)cn1. The summed E-state index contributed by atoms with van der Waals surface area (Å²) in [5, 5.41) is 7.69. The third-order valence-corrected chi connectivity index (χ3v) is 2.93. The molecule has 0 fully saturated rings. The van der Waals surface area contributed by atoms with Crippen LogP contribution in [0.3, 0.4) is 0 Å².